The van der Waals surface area contributed by atoms with Gasteiger partial charge in [-0.05, 0) is 104 Å². The van der Waals surface area contributed by atoms with Crippen LogP contribution in [0.2, 0.25) is 0 Å². The first-order valence-electron chi connectivity index (χ1n) is 16.9. The lowest BCUT2D eigenvalue weighted by Crippen LogP contribution is -2.50. The van der Waals surface area contributed by atoms with Gasteiger partial charge in [-0.3, -0.25) is 0 Å². The van der Waals surface area contributed by atoms with Crippen LogP contribution in [0.1, 0.15) is 123 Å². The molecule has 5 saturated carbocycles. The third-order valence-corrected chi connectivity index (χ3v) is 12.9. The molecule has 0 amide bonds. The van der Waals surface area contributed by atoms with E-state index in [1.807, 2.05) is 0 Å². The first kappa shape index (κ1) is 29.3. The van der Waals surface area contributed by atoms with Crippen LogP contribution in [-0.2, 0) is 4.74 Å². The zero-order valence-corrected chi connectivity index (χ0v) is 24.9. The molecule has 0 spiro atoms. The van der Waals surface area contributed by atoms with E-state index in [9.17, 15) is 15.3 Å². The van der Waals surface area contributed by atoms with Crippen LogP contribution in [0.3, 0.4) is 0 Å². The Hall–Kier alpha value is -0.160. The summed E-state index contributed by atoms with van der Waals surface area (Å²) in [6.45, 7) is 4.87. The second kappa shape index (κ2) is 13.2. The fourth-order valence-corrected chi connectivity index (χ4v) is 10.8. The van der Waals surface area contributed by atoms with Crippen molar-refractivity contribution in [1.82, 2.24) is 0 Å². The fraction of sp³-hybridized carbons (Fsp3) is 1.00. The molecule has 0 aromatic heterocycles. The predicted molar refractivity (Wildman–Crippen MR) is 154 cm³/mol. The van der Waals surface area contributed by atoms with Crippen LogP contribution in [0, 0.1) is 59.2 Å². The molecule has 0 aromatic carbocycles. The summed E-state index contributed by atoms with van der Waals surface area (Å²) in [6.07, 6.45) is 19.9. The van der Waals surface area contributed by atoms with Crippen molar-refractivity contribution in [3.63, 3.8) is 0 Å². The molecule has 0 bridgehead atoms. The van der Waals surface area contributed by atoms with Gasteiger partial charge in [0.15, 0.2) is 0 Å². The van der Waals surface area contributed by atoms with Crippen LogP contribution in [0.25, 0.3) is 0 Å². The molecule has 4 nitrogen and oxygen atoms in total. The highest BCUT2D eigenvalue weighted by atomic mass is 16.5. The minimum atomic E-state index is -0.335. The lowest BCUT2D eigenvalue weighted by atomic mass is 9.52. The Labute approximate surface area is 233 Å². The highest BCUT2D eigenvalue weighted by Crippen LogP contribution is 2.55. The van der Waals surface area contributed by atoms with Crippen molar-refractivity contribution in [2.75, 3.05) is 7.11 Å². The summed E-state index contributed by atoms with van der Waals surface area (Å²) < 4.78 is 5.85. The van der Waals surface area contributed by atoms with Crippen molar-refractivity contribution in [1.29, 1.82) is 0 Å². The maximum atomic E-state index is 11.3. The summed E-state index contributed by atoms with van der Waals surface area (Å²) in [5, 5.41) is 33.4. The number of rotatable bonds is 6. The van der Waals surface area contributed by atoms with E-state index in [0.29, 0.717) is 59.2 Å². The molecule has 5 aliphatic rings. The number of ether oxygens (including phenoxy) is 1. The topological polar surface area (TPSA) is 69.9 Å². The zero-order chi connectivity index (χ0) is 26.8. The van der Waals surface area contributed by atoms with E-state index in [-0.39, 0.29) is 24.4 Å². The monoisotopic (exact) mass is 532 g/mol. The smallest absolute Gasteiger partial charge is 0.0832 e. The SMILES string of the molecule is COC1CC(C(C2CC(C3CCCCC3)C(O)CC2C)C2CC(C3CCCCC3)C(O)CC2C)CCC1O. The summed E-state index contributed by atoms with van der Waals surface area (Å²) in [4.78, 5) is 0. The van der Waals surface area contributed by atoms with Gasteiger partial charge in [0, 0.05) is 7.11 Å². The molecule has 0 saturated heterocycles. The standard InChI is InChI=1S/C34H60O4/c1-21-16-31(36)28(23-10-6-4-7-11-23)19-26(21)34(25-14-15-30(35)33(18-25)38-3)27-20-29(32(37)17-22(27)2)24-12-8-5-9-13-24/h21-37H,4-20H2,1-3H3. The Kier molecular flexibility index (Phi) is 10.2. The molecule has 220 valence electrons. The Balaban J connectivity index is 1.43. The van der Waals surface area contributed by atoms with Crippen molar-refractivity contribution in [2.45, 2.75) is 147 Å². The van der Waals surface area contributed by atoms with Gasteiger partial charge >= 0.3 is 0 Å². The van der Waals surface area contributed by atoms with Crippen molar-refractivity contribution in [3.8, 4) is 0 Å². The van der Waals surface area contributed by atoms with E-state index in [4.69, 9.17) is 4.74 Å². The van der Waals surface area contributed by atoms with Crippen LogP contribution >= 0.6 is 0 Å². The van der Waals surface area contributed by atoms with E-state index in [0.717, 1.165) is 32.1 Å². The Morgan fingerprint density at radius 1 is 0.553 bits per heavy atom. The molecule has 3 N–H and O–H groups in total. The van der Waals surface area contributed by atoms with Crippen LogP contribution in [0.4, 0.5) is 0 Å². The van der Waals surface area contributed by atoms with E-state index in [1.54, 1.807) is 7.11 Å². The molecule has 0 aliphatic heterocycles. The van der Waals surface area contributed by atoms with Crippen molar-refractivity contribution < 1.29 is 20.1 Å². The first-order valence-corrected chi connectivity index (χ1v) is 16.9. The first-order chi connectivity index (χ1) is 18.4. The second-order valence-electron chi connectivity index (χ2n) is 15.0. The van der Waals surface area contributed by atoms with E-state index in [2.05, 4.69) is 13.8 Å². The number of aliphatic hydroxyl groups is 3. The van der Waals surface area contributed by atoms with E-state index < -0.39 is 0 Å². The average Bonchev–Trinajstić information content (AvgIpc) is 2.92. The third kappa shape index (κ3) is 6.34. The van der Waals surface area contributed by atoms with Gasteiger partial charge in [-0.15, -0.1) is 0 Å². The zero-order valence-electron chi connectivity index (χ0n) is 24.9. The third-order valence-electron chi connectivity index (χ3n) is 12.9. The van der Waals surface area contributed by atoms with Crippen molar-refractivity contribution in [2.24, 2.45) is 59.2 Å². The maximum absolute atomic E-state index is 11.3. The van der Waals surface area contributed by atoms with Gasteiger partial charge in [0.1, 0.15) is 0 Å². The molecule has 4 heteroatoms. The molecule has 5 fully saturated rings. The van der Waals surface area contributed by atoms with Crippen LogP contribution < -0.4 is 0 Å². The minimum Gasteiger partial charge on any atom is -0.393 e. The second-order valence-corrected chi connectivity index (χ2v) is 15.0. The van der Waals surface area contributed by atoms with E-state index in [1.165, 1.54) is 77.0 Å². The summed E-state index contributed by atoms with van der Waals surface area (Å²) in [7, 11) is 1.78. The molecule has 0 heterocycles. The summed E-state index contributed by atoms with van der Waals surface area (Å²) in [5.41, 5.74) is 0. The van der Waals surface area contributed by atoms with Crippen LogP contribution in [0.15, 0.2) is 0 Å². The van der Waals surface area contributed by atoms with Crippen LogP contribution in [-0.4, -0.2) is 46.8 Å². The molecule has 5 aliphatic carbocycles. The molecule has 0 radical (unpaired) electrons. The quantitative estimate of drug-likeness (QED) is 0.345. The lowest BCUT2D eigenvalue weighted by molar-refractivity contribution is -0.110. The number of aliphatic hydroxyl groups excluding tert-OH is 3. The van der Waals surface area contributed by atoms with E-state index >= 15 is 0 Å². The lowest BCUT2D eigenvalue weighted by Gasteiger charge is -2.54. The average molecular weight is 533 g/mol. The highest BCUT2D eigenvalue weighted by molar-refractivity contribution is 5.00. The largest absolute Gasteiger partial charge is 0.393 e. The molecular weight excluding hydrogens is 472 g/mol. The van der Waals surface area contributed by atoms with Gasteiger partial charge in [-0.2, -0.15) is 0 Å². The van der Waals surface area contributed by atoms with Gasteiger partial charge in [-0.1, -0.05) is 78.1 Å². The highest BCUT2D eigenvalue weighted by Gasteiger charge is 2.50. The molecule has 11 atom stereocenters. The van der Waals surface area contributed by atoms with Gasteiger partial charge in [0.05, 0.1) is 24.4 Å². The van der Waals surface area contributed by atoms with Crippen molar-refractivity contribution >= 4 is 0 Å². The van der Waals surface area contributed by atoms with Gasteiger partial charge in [0.25, 0.3) is 0 Å². The number of hydrogen-bond acceptors (Lipinski definition) is 4. The molecule has 38 heavy (non-hydrogen) atoms. The molecule has 0 aromatic rings. The normalized spacial score (nSPS) is 47.1. The van der Waals surface area contributed by atoms with Crippen LogP contribution in [0.5, 0.6) is 0 Å². The van der Waals surface area contributed by atoms with Gasteiger partial charge in [0.2, 0.25) is 0 Å². The minimum absolute atomic E-state index is 0.0477. The van der Waals surface area contributed by atoms with Gasteiger partial charge in [-0.25, -0.2) is 0 Å². The fourth-order valence-electron chi connectivity index (χ4n) is 10.8. The summed E-state index contributed by atoms with van der Waals surface area (Å²) >= 11 is 0. The Bertz CT molecular complexity index is 669. The summed E-state index contributed by atoms with van der Waals surface area (Å²) in [6, 6.07) is 0. The predicted octanol–water partition coefficient (Wildman–Crippen LogP) is 6.99. The Morgan fingerprint density at radius 2 is 1.03 bits per heavy atom. The van der Waals surface area contributed by atoms with Crippen molar-refractivity contribution in [3.05, 3.63) is 0 Å². The molecule has 5 rings (SSSR count). The molecular formula is C34H60O4. The number of methoxy groups -OCH3 is 1. The summed E-state index contributed by atoms with van der Waals surface area (Å²) in [5.74, 6) is 5.87. The van der Waals surface area contributed by atoms with Gasteiger partial charge < -0.3 is 20.1 Å². The Morgan fingerprint density at radius 3 is 1.47 bits per heavy atom. The number of hydrogen-bond donors (Lipinski definition) is 3. The maximum Gasteiger partial charge on any atom is 0.0832 e. The molecule has 11 unspecified atom stereocenters.